The number of aromatic nitrogens is 1. The number of carbonyl (C=O) groups is 1. The SMILES string of the molecule is O=C(COc1coc(CN2CCCCCC2)cc1=O)N1CCN(c2ccccn2)CC1. The number of pyridine rings is 1. The van der Waals surface area contributed by atoms with E-state index in [2.05, 4.69) is 14.8 Å². The summed E-state index contributed by atoms with van der Waals surface area (Å²) < 4.78 is 11.1. The molecule has 8 nitrogen and oxygen atoms in total. The number of hydrogen-bond donors (Lipinski definition) is 0. The lowest BCUT2D eigenvalue weighted by molar-refractivity contribution is -0.133. The van der Waals surface area contributed by atoms with Crippen molar-refractivity contribution in [3.8, 4) is 5.75 Å². The molecule has 4 heterocycles. The molecule has 2 aliphatic heterocycles. The van der Waals surface area contributed by atoms with Gasteiger partial charge in [-0.3, -0.25) is 14.5 Å². The van der Waals surface area contributed by atoms with Crippen LogP contribution in [0.15, 0.2) is 45.9 Å². The van der Waals surface area contributed by atoms with Crippen molar-refractivity contribution in [2.75, 3.05) is 50.8 Å². The number of carbonyl (C=O) groups excluding carboxylic acids is 1. The summed E-state index contributed by atoms with van der Waals surface area (Å²) in [6.07, 6.45) is 8.00. The van der Waals surface area contributed by atoms with Gasteiger partial charge in [-0.2, -0.15) is 0 Å². The van der Waals surface area contributed by atoms with Crippen LogP contribution in [0.3, 0.4) is 0 Å². The molecule has 2 fully saturated rings. The van der Waals surface area contributed by atoms with Gasteiger partial charge in [-0.25, -0.2) is 4.98 Å². The predicted molar refractivity (Wildman–Crippen MR) is 117 cm³/mol. The van der Waals surface area contributed by atoms with Crippen LogP contribution in [0.25, 0.3) is 0 Å². The van der Waals surface area contributed by atoms with Crippen LogP contribution in [0.4, 0.5) is 5.82 Å². The third kappa shape index (κ3) is 5.85. The second kappa shape index (κ2) is 10.4. The Kier molecular flexibility index (Phi) is 7.19. The van der Waals surface area contributed by atoms with Crippen LogP contribution in [0.1, 0.15) is 31.4 Å². The van der Waals surface area contributed by atoms with E-state index in [-0.39, 0.29) is 23.7 Å². The fourth-order valence-corrected chi connectivity index (χ4v) is 4.10. The van der Waals surface area contributed by atoms with E-state index in [1.54, 1.807) is 11.1 Å². The molecule has 8 heteroatoms. The molecule has 0 aliphatic carbocycles. The average molecular weight is 427 g/mol. The van der Waals surface area contributed by atoms with Crippen molar-refractivity contribution >= 4 is 11.7 Å². The molecule has 2 aromatic rings. The van der Waals surface area contributed by atoms with E-state index in [9.17, 15) is 9.59 Å². The van der Waals surface area contributed by atoms with Crippen molar-refractivity contribution in [2.45, 2.75) is 32.2 Å². The smallest absolute Gasteiger partial charge is 0.260 e. The Balaban J connectivity index is 1.25. The minimum absolute atomic E-state index is 0.0834. The van der Waals surface area contributed by atoms with Crippen LogP contribution in [0.2, 0.25) is 0 Å². The zero-order valence-electron chi connectivity index (χ0n) is 17.9. The topological polar surface area (TPSA) is 79.1 Å². The van der Waals surface area contributed by atoms with Gasteiger partial charge in [-0.1, -0.05) is 18.9 Å². The summed E-state index contributed by atoms with van der Waals surface area (Å²) in [5.41, 5.74) is -0.246. The van der Waals surface area contributed by atoms with Crippen molar-refractivity contribution in [3.63, 3.8) is 0 Å². The van der Waals surface area contributed by atoms with Gasteiger partial charge < -0.3 is 19.0 Å². The lowest BCUT2D eigenvalue weighted by atomic mass is 10.2. The first-order chi connectivity index (χ1) is 15.2. The largest absolute Gasteiger partial charge is 0.477 e. The fourth-order valence-electron chi connectivity index (χ4n) is 4.10. The van der Waals surface area contributed by atoms with Crippen molar-refractivity contribution in [1.82, 2.24) is 14.8 Å². The molecule has 0 N–H and O–H groups in total. The minimum Gasteiger partial charge on any atom is -0.477 e. The third-order valence-corrected chi connectivity index (χ3v) is 5.89. The number of ether oxygens (including phenoxy) is 1. The quantitative estimate of drug-likeness (QED) is 0.700. The summed E-state index contributed by atoms with van der Waals surface area (Å²) in [6.45, 7) is 5.17. The van der Waals surface area contributed by atoms with Crippen LogP contribution in [0, 0.1) is 0 Å². The molecule has 0 unspecified atom stereocenters. The number of amides is 1. The molecule has 31 heavy (non-hydrogen) atoms. The first kappa shape index (κ1) is 21.4. The second-order valence-corrected chi connectivity index (χ2v) is 8.11. The van der Waals surface area contributed by atoms with Gasteiger partial charge in [0.1, 0.15) is 17.8 Å². The molecule has 0 saturated carbocycles. The van der Waals surface area contributed by atoms with Crippen molar-refractivity contribution in [2.24, 2.45) is 0 Å². The van der Waals surface area contributed by atoms with Crippen LogP contribution in [-0.2, 0) is 11.3 Å². The molecule has 0 atom stereocenters. The molecular weight excluding hydrogens is 396 g/mol. The molecule has 1 amide bonds. The first-order valence-corrected chi connectivity index (χ1v) is 11.1. The highest BCUT2D eigenvalue weighted by Crippen LogP contribution is 2.15. The van der Waals surface area contributed by atoms with E-state index >= 15 is 0 Å². The Bertz CT molecular complexity index is 901. The van der Waals surface area contributed by atoms with E-state index in [0.717, 1.165) is 32.0 Å². The molecule has 2 saturated heterocycles. The number of anilines is 1. The summed E-state index contributed by atoms with van der Waals surface area (Å²) in [5, 5.41) is 0. The molecule has 0 radical (unpaired) electrons. The van der Waals surface area contributed by atoms with Crippen LogP contribution >= 0.6 is 0 Å². The first-order valence-electron chi connectivity index (χ1n) is 11.1. The molecule has 0 aromatic carbocycles. The molecule has 2 aromatic heterocycles. The van der Waals surface area contributed by atoms with E-state index in [0.29, 0.717) is 25.4 Å². The van der Waals surface area contributed by atoms with Gasteiger partial charge in [0.2, 0.25) is 11.2 Å². The lowest BCUT2D eigenvalue weighted by Crippen LogP contribution is -2.50. The van der Waals surface area contributed by atoms with Crippen molar-refractivity contribution in [3.05, 3.63) is 52.7 Å². The van der Waals surface area contributed by atoms with Crippen LogP contribution in [-0.4, -0.2) is 66.6 Å². The monoisotopic (exact) mass is 426 g/mol. The summed E-state index contributed by atoms with van der Waals surface area (Å²) in [7, 11) is 0. The summed E-state index contributed by atoms with van der Waals surface area (Å²) in [4.78, 5) is 35.5. The van der Waals surface area contributed by atoms with Crippen molar-refractivity contribution < 1.29 is 13.9 Å². The molecule has 4 rings (SSSR count). The van der Waals surface area contributed by atoms with Gasteiger partial charge in [-0.05, 0) is 38.1 Å². The van der Waals surface area contributed by atoms with Gasteiger partial charge in [0.05, 0.1) is 6.54 Å². The van der Waals surface area contributed by atoms with Gasteiger partial charge in [0.25, 0.3) is 5.91 Å². The Hall–Kier alpha value is -2.87. The molecular formula is C23H30N4O4. The maximum absolute atomic E-state index is 12.5. The molecule has 0 bridgehead atoms. The van der Waals surface area contributed by atoms with Gasteiger partial charge in [0, 0.05) is 38.4 Å². The summed E-state index contributed by atoms with van der Waals surface area (Å²) in [5.74, 6) is 1.51. The molecule has 0 spiro atoms. The Morgan fingerprint density at radius 1 is 1.03 bits per heavy atom. The van der Waals surface area contributed by atoms with Gasteiger partial charge in [-0.15, -0.1) is 0 Å². The number of hydrogen-bond acceptors (Lipinski definition) is 7. The zero-order valence-corrected chi connectivity index (χ0v) is 17.9. The van der Waals surface area contributed by atoms with E-state index in [1.807, 2.05) is 18.2 Å². The molecule has 166 valence electrons. The summed E-state index contributed by atoms with van der Waals surface area (Å²) in [6, 6.07) is 7.30. The lowest BCUT2D eigenvalue weighted by Gasteiger charge is -2.35. The van der Waals surface area contributed by atoms with Crippen molar-refractivity contribution in [1.29, 1.82) is 0 Å². The highest BCUT2D eigenvalue weighted by molar-refractivity contribution is 5.78. The maximum atomic E-state index is 12.5. The van der Waals surface area contributed by atoms with E-state index in [4.69, 9.17) is 9.15 Å². The number of piperazine rings is 1. The Morgan fingerprint density at radius 3 is 2.48 bits per heavy atom. The highest BCUT2D eigenvalue weighted by Gasteiger charge is 2.22. The Morgan fingerprint density at radius 2 is 1.81 bits per heavy atom. The minimum atomic E-state index is -0.246. The summed E-state index contributed by atoms with van der Waals surface area (Å²) >= 11 is 0. The van der Waals surface area contributed by atoms with Gasteiger partial charge in [0.15, 0.2) is 6.61 Å². The van der Waals surface area contributed by atoms with E-state index in [1.165, 1.54) is 38.0 Å². The fraction of sp³-hybridized carbons (Fsp3) is 0.522. The molecule has 2 aliphatic rings. The Labute approximate surface area is 182 Å². The number of rotatable bonds is 6. The highest BCUT2D eigenvalue weighted by atomic mass is 16.5. The number of nitrogens with zero attached hydrogens (tertiary/aromatic N) is 4. The maximum Gasteiger partial charge on any atom is 0.260 e. The standard InChI is InChI=1S/C23H30N4O4/c28-20-15-19(16-25-9-5-1-2-6-10-25)30-17-21(20)31-18-23(29)27-13-11-26(12-14-27)22-7-3-4-8-24-22/h3-4,7-8,15,17H,1-2,5-6,9-14,16,18H2. The zero-order chi connectivity index (χ0) is 21.5. The third-order valence-electron chi connectivity index (χ3n) is 5.89. The van der Waals surface area contributed by atoms with Gasteiger partial charge >= 0.3 is 0 Å². The average Bonchev–Trinajstić information content (AvgIpc) is 3.08. The van der Waals surface area contributed by atoms with Crippen LogP contribution < -0.4 is 15.1 Å². The normalized spacial score (nSPS) is 17.9. The second-order valence-electron chi connectivity index (χ2n) is 8.11. The van der Waals surface area contributed by atoms with Crippen LogP contribution in [0.5, 0.6) is 5.75 Å². The predicted octanol–water partition coefficient (Wildman–Crippen LogP) is 2.14. The number of likely N-dealkylation sites (tertiary alicyclic amines) is 1. The van der Waals surface area contributed by atoms with E-state index < -0.39 is 0 Å².